The number of halogens is 1. The van der Waals surface area contributed by atoms with E-state index in [1.807, 2.05) is 37.3 Å². The number of carbonyl (C=O) groups excluding carboxylic acids is 2. The van der Waals surface area contributed by atoms with Crippen molar-refractivity contribution in [2.45, 2.75) is 52.9 Å². The van der Waals surface area contributed by atoms with Gasteiger partial charge in [0.25, 0.3) is 5.19 Å². The molecule has 2 saturated carbocycles. The maximum Gasteiger partial charge on any atom is 0.279 e. The summed E-state index contributed by atoms with van der Waals surface area (Å²) in [7, 11) is 0. The monoisotopic (exact) mass is 467 g/mol. The number of rotatable bonds is 4. The summed E-state index contributed by atoms with van der Waals surface area (Å²) in [6.45, 7) is 8.26. The molecule has 0 saturated heterocycles. The normalized spacial score (nSPS) is 26.7. The Labute approximate surface area is 197 Å². The summed E-state index contributed by atoms with van der Waals surface area (Å²) in [5, 5.41) is 1.16. The molecule has 0 amide bonds. The van der Waals surface area contributed by atoms with E-state index >= 15 is 0 Å². The SMILES string of the molecule is CCc1ccc(Oc2nc3ccc(Cl)cc3s2)cc1C1C(=O)C2CCC(C)(C1=O)C2(C)C. The molecule has 2 bridgehead atoms. The Hall–Kier alpha value is -2.24. The first kappa shape index (κ1) is 21.6. The van der Waals surface area contributed by atoms with Crippen LogP contribution in [-0.4, -0.2) is 16.6 Å². The predicted octanol–water partition coefficient (Wildman–Crippen LogP) is 6.98. The minimum Gasteiger partial charge on any atom is -0.431 e. The van der Waals surface area contributed by atoms with E-state index in [1.54, 1.807) is 6.07 Å². The van der Waals surface area contributed by atoms with Gasteiger partial charge in [-0.25, -0.2) is 4.98 Å². The van der Waals surface area contributed by atoms with Crippen LogP contribution in [0.15, 0.2) is 36.4 Å². The van der Waals surface area contributed by atoms with E-state index in [0.29, 0.717) is 16.0 Å². The fourth-order valence-electron chi connectivity index (χ4n) is 5.63. The number of hydrogen-bond acceptors (Lipinski definition) is 5. The number of fused-ring (bicyclic) bond motifs is 3. The number of carbonyl (C=O) groups is 2. The maximum absolute atomic E-state index is 13.7. The fraction of sp³-hybridized carbons (Fsp3) is 0.423. The first-order chi connectivity index (χ1) is 15.2. The van der Waals surface area contributed by atoms with Gasteiger partial charge in [-0.15, -0.1) is 0 Å². The van der Waals surface area contributed by atoms with Crippen molar-refractivity contribution in [3.8, 4) is 10.9 Å². The third-order valence-electron chi connectivity index (χ3n) is 8.01. The minimum absolute atomic E-state index is 0.0581. The number of ether oxygens (including phenoxy) is 1. The molecule has 1 aromatic heterocycles. The van der Waals surface area contributed by atoms with Gasteiger partial charge in [-0.05, 0) is 66.1 Å². The van der Waals surface area contributed by atoms with E-state index in [0.717, 1.165) is 40.6 Å². The van der Waals surface area contributed by atoms with Gasteiger partial charge in [0.05, 0.1) is 10.2 Å². The van der Waals surface area contributed by atoms with E-state index in [2.05, 4.69) is 25.8 Å². The van der Waals surface area contributed by atoms with E-state index in [1.165, 1.54) is 11.3 Å². The van der Waals surface area contributed by atoms with Crippen molar-refractivity contribution >= 4 is 44.7 Å². The Morgan fingerprint density at radius 2 is 1.94 bits per heavy atom. The van der Waals surface area contributed by atoms with Gasteiger partial charge in [0.15, 0.2) is 11.6 Å². The molecule has 0 spiro atoms. The van der Waals surface area contributed by atoms with Crippen molar-refractivity contribution in [2.75, 3.05) is 0 Å². The number of aryl methyl sites for hydroxylation is 1. The van der Waals surface area contributed by atoms with Gasteiger partial charge < -0.3 is 4.74 Å². The molecule has 2 aliphatic rings. The molecule has 3 atom stereocenters. The Bertz CT molecular complexity index is 1260. The summed E-state index contributed by atoms with van der Waals surface area (Å²) in [6, 6.07) is 11.3. The van der Waals surface area contributed by atoms with Gasteiger partial charge in [-0.1, -0.05) is 56.7 Å². The first-order valence-corrected chi connectivity index (χ1v) is 12.3. The highest BCUT2D eigenvalue weighted by molar-refractivity contribution is 7.20. The number of Topliss-reactive ketones (excluding diaryl/α,β-unsaturated/α-hetero) is 2. The molecule has 0 N–H and O–H groups in total. The summed E-state index contributed by atoms with van der Waals surface area (Å²) in [4.78, 5) is 31.8. The van der Waals surface area contributed by atoms with E-state index in [-0.39, 0.29) is 22.9 Å². The van der Waals surface area contributed by atoms with Crippen LogP contribution in [0.4, 0.5) is 0 Å². The number of aromatic nitrogens is 1. The second-order valence-electron chi connectivity index (χ2n) is 9.75. The van der Waals surface area contributed by atoms with Crippen molar-refractivity contribution < 1.29 is 14.3 Å². The van der Waals surface area contributed by atoms with Crippen LogP contribution in [0, 0.1) is 16.7 Å². The van der Waals surface area contributed by atoms with Crippen molar-refractivity contribution in [3.05, 3.63) is 52.5 Å². The molecule has 4 nitrogen and oxygen atoms in total. The molecular weight excluding hydrogens is 442 g/mol. The molecule has 0 radical (unpaired) electrons. The second kappa shape index (κ2) is 7.39. The molecule has 1 heterocycles. The first-order valence-electron chi connectivity index (χ1n) is 11.1. The van der Waals surface area contributed by atoms with Crippen LogP contribution < -0.4 is 4.74 Å². The average molecular weight is 468 g/mol. The maximum atomic E-state index is 13.7. The zero-order chi connectivity index (χ0) is 22.8. The van der Waals surface area contributed by atoms with Gasteiger partial charge in [-0.3, -0.25) is 9.59 Å². The quantitative estimate of drug-likeness (QED) is 0.388. The van der Waals surface area contributed by atoms with Gasteiger partial charge >= 0.3 is 0 Å². The highest BCUT2D eigenvalue weighted by atomic mass is 35.5. The van der Waals surface area contributed by atoms with Crippen molar-refractivity contribution in [2.24, 2.45) is 16.7 Å². The fourth-order valence-corrected chi connectivity index (χ4v) is 6.74. The van der Waals surface area contributed by atoms with Crippen LogP contribution >= 0.6 is 22.9 Å². The van der Waals surface area contributed by atoms with E-state index in [9.17, 15) is 9.59 Å². The molecule has 2 fully saturated rings. The van der Waals surface area contributed by atoms with Crippen molar-refractivity contribution in [1.29, 1.82) is 0 Å². The number of benzene rings is 2. The largest absolute Gasteiger partial charge is 0.431 e. The van der Waals surface area contributed by atoms with Gasteiger partial charge in [0.2, 0.25) is 0 Å². The Morgan fingerprint density at radius 1 is 1.16 bits per heavy atom. The molecular formula is C26H26ClNO3S. The topological polar surface area (TPSA) is 56.3 Å². The number of ketones is 2. The summed E-state index contributed by atoms with van der Waals surface area (Å²) >= 11 is 7.51. The van der Waals surface area contributed by atoms with Gasteiger partial charge in [-0.2, -0.15) is 0 Å². The molecule has 32 heavy (non-hydrogen) atoms. The van der Waals surface area contributed by atoms with E-state index in [4.69, 9.17) is 16.3 Å². The molecule has 5 rings (SSSR count). The lowest BCUT2D eigenvalue weighted by Crippen LogP contribution is -2.52. The Morgan fingerprint density at radius 3 is 2.69 bits per heavy atom. The van der Waals surface area contributed by atoms with E-state index < -0.39 is 11.3 Å². The second-order valence-corrected chi connectivity index (χ2v) is 11.2. The van der Waals surface area contributed by atoms with Gasteiger partial charge in [0, 0.05) is 16.4 Å². The molecule has 0 aliphatic heterocycles. The molecule has 3 aromatic rings. The Balaban J connectivity index is 1.54. The third kappa shape index (κ3) is 3.05. The van der Waals surface area contributed by atoms with Crippen LogP contribution in [0.2, 0.25) is 5.02 Å². The molecule has 3 unspecified atom stereocenters. The molecule has 6 heteroatoms. The van der Waals surface area contributed by atoms with Crippen molar-refractivity contribution in [3.63, 3.8) is 0 Å². The Kier molecular flexibility index (Phi) is 4.99. The summed E-state index contributed by atoms with van der Waals surface area (Å²) < 4.78 is 7.03. The van der Waals surface area contributed by atoms with Crippen LogP contribution in [0.1, 0.15) is 57.6 Å². The summed E-state index contributed by atoms with van der Waals surface area (Å²) in [6.07, 6.45) is 2.31. The zero-order valence-electron chi connectivity index (χ0n) is 18.7. The lowest BCUT2D eigenvalue weighted by atomic mass is 9.54. The van der Waals surface area contributed by atoms with Crippen LogP contribution in [0.5, 0.6) is 10.9 Å². The number of nitrogens with zero attached hydrogens (tertiary/aromatic N) is 1. The number of thiazole rings is 1. The summed E-state index contributed by atoms with van der Waals surface area (Å²) in [5.74, 6) is -0.0869. The number of hydrogen-bond donors (Lipinski definition) is 0. The zero-order valence-corrected chi connectivity index (χ0v) is 20.3. The predicted molar refractivity (Wildman–Crippen MR) is 128 cm³/mol. The average Bonchev–Trinajstić information content (AvgIpc) is 3.21. The van der Waals surface area contributed by atoms with Crippen LogP contribution in [0.3, 0.4) is 0 Å². The van der Waals surface area contributed by atoms with Crippen molar-refractivity contribution in [1.82, 2.24) is 4.98 Å². The smallest absolute Gasteiger partial charge is 0.279 e. The minimum atomic E-state index is -0.715. The standard InChI is InChI=1S/C26H26ClNO3S/c1-5-14-6-8-16(31-24-28-19-9-7-15(27)12-20(19)32-24)13-17(14)21-22(29)18-10-11-26(4,23(21)30)25(18,2)3/h6-9,12-13,18,21H,5,10-11H2,1-4H3. The highest BCUT2D eigenvalue weighted by Crippen LogP contribution is 2.62. The highest BCUT2D eigenvalue weighted by Gasteiger charge is 2.64. The lowest BCUT2D eigenvalue weighted by molar-refractivity contribution is -0.149. The van der Waals surface area contributed by atoms with Crippen LogP contribution in [0.25, 0.3) is 10.2 Å². The lowest BCUT2D eigenvalue weighted by Gasteiger charge is -2.46. The van der Waals surface area contributed by atoms with Gasteiger partial charge in [0.1, 0.15) is 11.7 Å². The summed E-state index contributed by atoms with van der Waals surface area (Å²) in [5.41, 5.74) is 1.84. The molecule has 2 aromatic carbocycles. The molecule has 166 valence electrons. The third-order valence-corrected chi connectivity index (χ3v) is 9.14. The van der Waals surface area contributed by atoms with Crippen LogP contribution in [-0.2, 0) is 16.0 Å². The molecule has 2 aliphatic carbocycles.